The predicted molar refractivity (Wildman–Crippen MR) is 62.0 cm³/mol. The number of carbonyl (C=O) groups excluding carboxylic acids is 2. The highest BCUT2D eigenvalue weighted by atomic mass is 16.3. The third-order valence-electron chi connectivity index (χ3n) is 2.82. The highest BCUT2D eigenvalue weighted by Gasteiger charge is 2.28. The van der Waals surface area contributed by atoms with Crippen LogP contribution in [0.25, 0.3) is 11.5 Å². The number of aromatic nitrogens is 1. The van der Waals surface area contributed by atoms with Crippen molar-refractivity contribution in [2.75, 3.05) is 0 Å². The third kappa shape index (κ3) is 1.44. The number of imide groups is 1. The van der Waals surface area contributed by atoms with E-state index in [1.54, 1.807) is 13.0 Å². The molecular formula is C13H9N2O3. The van der Waals surface area contributed by atoms with Crippen molar-refractivity contribution in [2.45, 2.75) is 13.8 Å². The van der Waals surface area contributed by atoms with Crippen molar-refractivity contribution in [2.24, 2.45) is 0 Å². The molecule has 2 amide bonds. The lowest BCUT2D eigenvalue weighted by Gasteiger charge is -2.03. The largest absolute Gasteiger partial charge is 0.444 e. The Morgan fingerprint density at radius 2 is 2.00 bits per heavy atom. The fraction of sp³-hybridized carbons (Fsp3) is 0.154. The molecule has 18 heavy (non-hydrogen) atoms. The van der Waals surface area contributed by atoms with Crippen LogP contribution in [-0.2, 0) is 0 Å². The number of amides is 2. The molecule has 1 aliphatic rings. The van der Waals surface area contributed by atoms with Crippen LogP contribution in [0.2, 0.25) is 0 Å². The number of aryl methyl sites for hydroxylation is 2. The van der Waals surface area contributed by atoms with Crippen LogP contribution in [0.3, 0.4) is 0 Å². The Kier molecular flexibility index (Phi) is 2.10. The van der Waals surface area contributed by atoms with Gasteiger partial charge in [-0.15, -0.1) is 0 Å². The van der Waals surface area contributed by atoms with Gasteiger partial charge in [0.2, 0.25) is 5.89 Å². The van der Waals surface area contributed by atoms with Crippen LogP contribution in [-0.4, -0.2) is 16.8 Å². The summed E-state index contributed by atoms with van der Waals surface area (Å²) in [5, 5.41) is 2.23. The summed E-state index contributed by atoms with van der Waals surface area (Å²) in [4.78, 5) is 27.3. The van der Waals surface area contributed by atoms with Crippen LogP contribution in [0.4, 0.5) is 0 Å². The van der Waals surface area contributed by atoms with Crippen LogP contribution >= 0.6 is 0 Å². The van der Waals surface area contributed by atoms with Gasteiger partial charge in [-0.3, -0.25) is 14.9 Å². The van der Waals surface area contributed by atoms with Gasteiger partial charge in [0.1, 0.15) is 6.26 Å². The first-order valence-corrected chi connectivity index (χ1v) is 5.41. The summed E-state index contributed by atoms with van der Waals surface area (Å²) in [6.07, 6.45) is 1.53. The molecule has 0 saturated carbocycles. The van der Waals surface area contributed by atoms with E-state index in [4.69, 9.17) is 4.42 Å². The monoisotopic (exact) mass is 241 g/mol. The summed E-state index contributed by atoms with van der Waals surface area (Å²) in [5.41, 5.74) is 2.75. The number of fused-ring (bicyclic) bond motifs is 1. The maximum atomic E-state index is 11.6. The first kappa shape index (κ1) is 10.7. The number of hydrogen-bond acceptors (Lipinski definition) is 4. The molecule has 2 heterocycles. The molecule has 1 aromatic carbocycles. The fourth-order valence-electron chi connectivity index (χ4n) is 1.94. The maximum Gasteiger partial charge on any atom is 0.259 e. The Morgan fingerprint density at radius 1 is 1.22 bits per heavy atom. The van der Waals surface area contributed by atoms with Crippen LogP contribution in [0, 0.1) is 19.9 Å². The SMILES string of the molecule is Cc1coc(-c2cc3c([c]c2C)C(=O)NC3=O)n1. The van der Waals surface area contributed by atoms with Crippen molar-refractivity contribution < 1.29 is 14.0 Å². The number of oxazole rings is 1. The Labute approximate surface area is 103 Å². The molecule has 0 unspecified atom stereocenters. The number of benzene rings is 1. The Morgan fingerprint density at radius 3 is 2.67 bits per heavy atom. The molecule has 1 aromatic heterocycles. The second kappa shape index (κ2) is 3.53. The second-order valence-electron chi connectivity index (χ2n) is 4.17. The Balaban J connectivity index is 2.21. The number of nitrogens with zero attached hydrogens (tertiary/aromatic N) is 1. The van der Waals surface area contributed by atoms with Gasteiger partial charge in [0.15, 0.2) is 0 Å². The van der Waals surface area contributed by atoms with Gasteiger partial charge in [0, 0.05) is 11.6 Å². The Hall–Kier alpha value is -2.43. The molecule has 0 saturated heterocycles. The number of hydrogen-bond donors (Lipinski definition) is 1. The molecule has 0 spiro atoms. The average Bonchev–Trinajstić information content (AvgIpc) is 2.84. The van der Waals surface area contributed by atoms with Crippen molar-refractivity contribution >= 4 is 11.8 Å². The van der Waals surface area contributed by atoms with E-state index in [0.717, 1.165) is 11.3 Å². The standard InChI is InChI=1S/C13H9N2O3/c1-6-3-9-10(12(17)15-11(9)16)4-8(6)13-14-7(2)5-18-13/h4-5H,1-2H3,(H,15,16,17). The van der Waals surface area contributed by atoms with Crippen molar-refractivity contribution in [3.63, 3.8) is 0 Å². The lowest BCUT2D eigenvalue weighted by atomic mass is 10.0. The lowest BCUT2D eigenvalue weighted by molar-refractivity contribution is 0.0879. The minimum absolute atomic E-state index is 0.282. The molecular weight excluding hydrogens is 232 g/mol. The van der Waals surface area contributed by atoms with E-state index in [1.807, 2.05) is 6.92 Å². The molecule has 1 radical (unpaired) electrons. The van der Waals surface area contributed by atoms with Crippen LogP contribution in [0.1, 0.15) is 32.0 Å². The van der Waals surface area contributed by atoms with Crippen molar-refractivity contribution in [3.8, 4) is 11.5 Å². The van der Waals surface area contributed by atoms with Crippen LogP contribution in [0.5, 0.6) is 0 Å². The zero-order valence-corrected chi connectivity index (χ0v) is 9.83. The molecule has 5 heteroatoms. The smallest absolute Gasteiger partial charge is 0.259 e. The minimum atomic E-state index is -0.409. The molecule has 3 rings (SSSR count). The fourth-order valence-corrected chi connectivity index (χ4v) is 1.94. The molecule has 0 fully saturated rings. The molecule has 1 aliphatic heterocycles. The van der Waals surface area contributed by atoms with Crippen molar-refractivity contribution in [1.29, 1.82) is 0 Å². The summed E-state index contributed by atoms with van der Waals surface area (Å²) in [6, 6.07) is 4.53. The van der Waals surface area contributed by atoms with Gasteiger partial charge in [-0.1, -0.05) is 0 Å². The van der Waals surface area contributed by atoms with E-state index in [9.17, 15) is 9.59 Å². The zero-order valence-electron chi connectivity index (χ0n) is 9.83. The van der Waals surface area contributed by atoms with Crippen molar-refractivity contribution in [3.05, 3.63) is 40.8 Å². The molecule has 1 N–H and O–H groups in total. The minimum Gasteiger partial charge on any atom is -0.444 e. The van der Waals surface area contributed by atoms with Crippen molar-refractivity contribution in [1.82, 2.24) is 10.3 Å². The lowest BCUT2D eigenvalue weighted by Crippen LogP contribution is -2.19. The summed E-state index contributed by atoms with van der Waals surface area (Å²) in [5.74, 6) is -0.389. The first-order chi connectivity index (χ1) is 8.56. The number of carbonyl (C=O) groups is 2. The van der Waals surface area contributed by atoms with E-state index < -0.39 is 11.8 Å². The Bertz CT molecular complexity index is 686. The molecule has 89 valence electrons. The highest BCUT2D eigenvalue weighted by Crippen LogP contribution is 2.27. The third-order valence-corrected chi connectivity index (χ3v) is 2.82. The highest BCUT2D eigenvalue weighted by molar-refractivity contribution is 6.21. The molecule has 2 aromatic rings. The van der Waals surface area contributed by atoms with E-state index in [0.29, 0.717) is 17.0 Å². The van der Waals surface area contributed by atoms with Gasteiger partial charge in [-0.2, -0.15) is 0 Å². The summed E-state index contributed by atoms with van der Waals surface area (Å²) >= 11 is 0. The van der Waals surface area contributed by atoms with Gasteiger partial charge < -0.3 is 4.42 Å². The van der Waals surface area contributed by atoms with Gasteiger partial charge in [-0.25, -0.2) is 4.98 Å². The summed E-state index contributed by atoms with van der Waals surface area (Å²) < 4.78 is 5.31. The van der Waals surface area contributed by atoms with Crippen LogP contribution in [0.15, 0.2) is 16.7 Å². The second-order valence-corrected chi connectivity index (χ2v) is 4.17. The van der Waals surface area contributed by atoms with E-state index in [2.05, 4.69) is 16.4 Å². The number of rotatable bonds is 1. The van der Waals surface area contributed by atoms with E-state index >= 15 is 0 Å². The quantitative estimate of drug-likeness (QED) is 0.770. The van der Waals surface area contributed by atoms with Gasteiger partial charge >= 0.3 is 0 Å². The predicted octanol–water partition coefficient (Wildman–Crippen LogP) is 1.64. The van der Waals surface area contributed by atoms with Crippen LogP contribution < -0.4 is 5.32 Å². The maximum absolute atomic E-state index is 11.6. The molecule has 0 bridgehead atoms. The first-order valence-electron chi connectivity index (χ1n) is 5.41. The average molecular weight is 241 g/mol. The topological polar surface area (TPSA) is 72.2 Å². The summed E-state index contributed by atoms with van der Waals surface area (Å²) in [7, 11) is 0. The van der Waals surface area contributed by atoms with E-state index in [1.165, 1.54) is 6.26 Å². The van der Waals surface area contributed by atoms with Gasteiger partial charge in [-0.05, 0) is 25.5 Å². The normalized spacial score (nSPS) is 13.7. The molecule has 0 atom stereocenters. The van der Waals surface area contributed by atoms with Gasteiger partial charge in [0.25, 0.3) is 11.8 Å². The molecule has 0 aliphatic carbocycles. The van der Waals surface area contributed by atoms with Gasteiger partial charge in [0.05, 0.1) is 16.8 Å². The summed E-state index contributed by atoms with van der Waals surface area (Å²) in [6.45, 7) is 3.61. The van der Waals surface area contributed by atoms with E-state index in [-0.39, 0.29) is 5.56 Å². The molecule has 5 nitrogen and oxygen atoms in total. The zero-order chi connectivity index (χ0) is 12.9. The number of nitrogens with one attached hydrogen (secondary N) is 1.